The molecule has 2 rings (SSSR count). The van der Waals surface area contributed by atoms with E-state index in [1.807, 2.05) is 20.8 Å². The third-order valence-electron chi connectivity index (χ3n) is 2.73. The molecule has 1 aromatic carbocycles. The van der Waals surface area contributed by atoms with Gasteiger partial charge in [0.05, 0.1) is 13.2 Å². The Morgan fingerprint density at radius 2 is 2.00 bits per heavy atom. The number of carbonyl (C=O) groups is 1. The minimum absolute atomic E-state index is 0.0407. The number of rotatable bonds is 5. The Kier molecular flexibility index (Phi) is 4.88. The highest BCUT2D eigenvalue weighted by atomic mass is 16.5. The average molecular weight is 304 g/mol. The largest absolute Gasteiger partial charge is 0.493 e. The zero-order chi connectivity index (χ0) is 16.1. The first-order valence-electron chi connectivity index (χ1n) is 6.92. The number of H-pyrrole nitrogens is 1. The van der Waals surface area contributed by atoms with E-state index in [0.29, 0.717) is 23.0 Å². The van der Waals surface area contributed by atoms with Gasteiger partial charge in [-0.15, -0.1) is 0 Å². The topological polar surface area (TPSA) is 88.3 Å². The summed E-state index contributed by atoms with van der Waals surface area (Å²) in [7, 11) is 1.55. The number of nitrogens with zero attached hydrogens (tertiary/aromatic N) is 1. The van der Waals surface area contributed by atoms with E-state index in [4.69, 9.17) is 9.47 Å². The molecule has 0 spiro atoms. The quantitative estimate of drug-likeness (QED) is 0.791. The van der Waals surface area contributed by atoms with Crippen LogP contribution < -0.4 is 20.1 Å². The highest BCUT2D eigenvalue weighted by Crippen LogP contribution is 2.31. The van der Waals surface area contributed by atoms with Crippen LogP contribution >= 0.6 is 0 Å². The number of aromatic amines is 1. The molecule has 0 aliphatic carbocycles. The molecule has 0 unspecified atom stereocenters. The van der Waals surface area contributed by atoms with Crippen LogP contribution in [0.2, 0.25) is 0 Å². The lowest BCUT2D eigenvalue weighted by molar-refractivity contribution is 0.230. The standard InChI is InChI=1S/C15H20N4O3/c1-9(2)22-12-6-5-11(8-13(12)21-4)16-15(20)17-14-7-10(3)18-19-14/h5-9H,1-4H3,(H3,16,17,18,19,20). The lowest BCUT2D eigenvalue weighted by atomic mass is 10.2. The Morgan fingerprint density at radius 1 is 1.23 bits per heavy atom. The number of hydrogen-bond donors (Lipinski definition) is 3. The van der Waals surface area contributed by atoms with Crippen molar-refractivity contribution in [2.45, 2.75) is 26.9 Å². The predicted octanol–water partition coefficient (Wildman–Crippen LogP) is 3.16. The third-order valence-corrected chi connectivity index (χ3v) is 2.73. The second-order valence-corrected chi connectivity index (χ2v) is 5.05. The molecular formula is C15H20N4O3. The summed E-state index contributed by atoms with van der Waals surface area (Å²) in [6.45, 7) is 5.73. The van der Waals surface area contributed by atoms with Crippen molar-refractivity contribution < 1.29 is 14.3 Å². The molecule has 22 heavy (non-hydrogen) atoms. The molecule has 2 amide bonds. The van der Waals surface area contributed by atoms with Crippen LogP contribution in [0.3, 0.4) is 0 Å². The van der Waals surface area contributed by atoms with Crippen LogP contribution in [0.4, 0.5) is 16.3 Å². The van der Waals surface area contributed by atoms with Crippen molar-refractivity contribution >= 4 is 17.5 Å². The Bertz CT molecular complexity index is 652. The summed E-state index contributed by atoms with van der Waals surface area (Å²) in [5, 5.41) is 12.0. The number of ether oxygens (including phenoxy) is 2. The second kappa shape index (κ2) is 6.84. The minimum atomic E-state index is -0.383. The van der Waals surface area contributed by atoms with Crippen LogP contribution in [0.1, 0.15) is 19.5 Å². The van der Waals surface area contributed by atoms with E-state index in [-0.39, 0.29) is 12.1 Å². The fraction of sp³-hybridized carbons (Fsp3) is 0.333. The molecule has 1 heterocycles. The van der Waals surface area contributed by atoms with Crippen molar-refractivity contribution in [3.8, 4) is 11.5 Å². The third kappa shape index (κ3) is 4.15. The van der Waals surface area contributed by atoms with Gasteiger partial charge in [0.15, 0.2) is 17.3 Å². The summed E-state index contributed by atoms with van der Waals surface area (Å²) in [6.07, 6.45) is 0.0407. The van der Waals surface area contributed by atoms with E-state index in [1.54, 1.807) is 31.4 Å². The lowest BCUT2D eigenvalue weighted by Crippen LogP contribution is -2.19. The van der Waals surface area contributed by atoms with E-state index in [2.05, 4.69) is 20.8 Å². The number of anilines is 2. The summed E-state index contributed by atoms with van der Waals surface area (Å²) in [6, 6.07) is 6.56. The number of nitrogens with one attached hydrogen (secondary N) is 3. The van der Waals surface area contributed by atoms with Gasteiger partial charge in [0.2, 0.25) is 0 Å². The molecule has 0 radical (unpaired) electrons. The van der Waals surface area contributed by atoms with Crippen LogP contribution in [0.15, 0.2) is 24.3 Å². The minimum Gasteiger partial charge on any atom is -0.493 e. The van der Waals surface area contributed by atoms with E-state index in [1.165, 1.54) is 0 Å². The summed E-state index contributed by atoms with van der Waals surface area (Å²) < 4.78 is 10.9. The van der Waals surface area contributed by atoms with Crippen molar-refractivity contribution in [3.05, 3.63) is 30.0 Å². The molecule has 0 saturated carbocycles. The van der Waals surface area contributed by atoms with Crippen LogP contribution in [-0.4, -0.2) is 29.4 Å². The van der Waals surface area contributed by atoms with E-state index in [0.717, 1.165) is 5.69 Å². The summed E-state index contributed by atoms with van der Waals surface area (Å²) in [5.41, 5.74) is 1.46. The maximum Gasteiger partial charge on any atom is 0.324 e. The first-order valence-corrected chi connectivity index (χ1v) is 6.92. The van der Waals surface area contributed by atoms with Crippen molar-refractivity contribution in [2.24, 2.45) is 0 Å². The number of aromatic nitrogens is 2. The van der Waals surface area contributed by atoms with Gasteiger partial charge in [-0.25, -0.2) is 4.79 Å². The number of urea groups is 1. The zero-order valence-electron chi connectivity index (χ0n) is 13.1. The van der Waals surface area contributed by atoms with Crippen LogP contribution in [-0.2, 0) is 0 Å². The molecular weight excluding hydrogens is 284 g/mol. The molecule has 2 aromatic rings. The molecule has 0 atom stereocenters. The van der Waals surface area contributed by atoms with E-state index < -0.39 is 0 Å². The van der Waals surface area contributed by atoms with Gasteiger partial charge in [-0.2, -0.15) is 5.10 Å². The molecule has 0 fully saturated rings. The maximum absolute atomic E-state index is 11.9. The Hall–Kier alpha value is -2.70. The van der Waals surface area contributed by atoms with Crippen LogP contribution in [0, 0.1) is 6.92 Å². The number of aryl methyl sites for hydroxylation is 1. The molecule has 3 N–H and O–H groups in total. The van der Waals surface area contributed by atoms with Crippen molar-refractivity contribution in [3.63, 3.8) is 0 Å². The van der Waals surface area contributed by atoms with Gasteiger partial charge >= 0.3 is 6.03 Å². The highest BCUT2D eigenvalue weighted by Gasteiger charge is 2.10. The first kappa shape index (κ1) is 15.7. The van der Waals surface area contributed by atoms with Gasteiger partial charge in [-0.05, 0) is 32.9 Å². The van der Waals surface area contributed by atoms with Crippen LogP contribution in [0.25, 0.3) is 0 Å². The molecule has 7 heteroatoms. The maximum atomic E-state index is 11.9. The molecule has 1 aromatic heterocycles. The Labute approximate surface area is 129 Å². The summed E-state index contributed by atoms with van der Waals surface area (Å²) >= 11 is 0. The van der Waals surface area contributed by atoms with Gasteiger partial charge in [0, 0.05) is 23.5 Å². The fourth-order valence-corrected chi connectivity index (χ4v) is 1.86. The van der Waals surface area contributed by atoms with Gasteiger partial charge in [0.25, 0.3) is 0 Å². The normalized spacial score (nSPS) is 10.4. The van der Waals surface area contributed by atoms with Gasteiger partial charge in [-0.1, -0.05) is 0 Å². The van der Waals surface area contributed by atoms with Crippen molar-refractivity contribution in [1.82, 2.24) is 10.2 Å². The van der Waals surface area contributed by atoms with Gasteiger partial charge in [-0.3, -0.25) is 10.4 Å². The van der Waals surface area contributed by atoms with Gasteiger partial charge in [0.1, 0.15) is 0 Å². The Morgan fingerprint density at radius 3 is 2.59 bits per heavy atom. The van der Waals surface area contributed by atoms with Crippen molar-refractivity contribution in [1.29, 1.82) is 0 Å². The molecule has 7 nitrogen and oxygen atoms in total. The number of carbonyl (C=O) groups excluding carboxylic acids is 1. The first-order chi connectivity index (χ1) is 10.5. The molecule has 118 valence electrons. The average Bonchev–Trinajstić information content (AvgIpc) is 2.85. The van der Waals surface area contributed by atoms with Crippen molar-refractivity contribution in [2.75, 3.05) is 17.7 Å². The fourth-order valence-electron chi connectivity index (χ4n) is 1.86. The zero-order valence-corrected chi connectivity index (χ0v) is 13.1. The van der Waals surface area contributed by atoms with E-state index >= 15 is 0 Å². The second-order valence-electron chi connectivity index (χ2n) is 5.05. The predicted molar refractivity (Wildman–Crippen MR) is 84.7 cm³/mol. The lowest BCUT2D eigenvalue weighted by Gasteiger charge is -2.14. The monoisotopic (exact) mass is 304 g/mol. The molecule has 0 aliphatic rings. The van der Waals surface area contributed by atoms with Crippen LogP contribution in [0.5, 0.6) is 11.5 Å². The number of hydrogen-bond acceptors (Lipinski definition) is 4. The smallest absolute Gasteiger partial charge is 0.324 e. The summed E-state index contributed by atoms with van der Waals surface area (Å²) in [5.74, 6) is 1.65. The molecule has 0 saturated heterocycles. The summed E-state index contributed by atoms with van der Waals surface area (Å²) in [4.78, 5) is 11.9. The number of amides is 2. The molecule has 0 bridgehead atoms. The Balaban J connectivity index is 2.04. The van der Waals surface area contributed by atoms with E-state index in [9.17, 15) is 4.79 Å². The van der Waals surface area contributed by atoms with Gasteiger partial charge < -0.3 is 14.8 Å². The highest BCUT2D eigenvalue weighted by molar-refractivity contribution is 5.99. The molecule has 0 aliphatic heterocycles. The number of benzene rings is 1. The number of methoxy groups -OCH3 is 1. The SMILES string of the molecule is COc1cc(NC(=O)Nc2cc(C)[nH]n2)ccc1OC(C)C.